The first-order valence-electron chi connectivity index (χ1n) is 13.9. The van der Waals surface area contributed by atoms with Crippen LogP contribution in [0.3, 0.4) is 0 Å². The second kappa shape index (κ2) is 12.0. The van der Waals surface area contributed by atoms with Crippen molar-refractivity contribution < 1.29 is 9.47 Å². The Morgan fingerprint density at radius 1 is 0.895 bits per heavy atom. The van der Waals surface area contributed by atoms with E-state index in [0.29, 0.717) is 6.61 Å². The van der Waals surface area contributed by atoms with E-state index in [4.69, 9.17) is 14.5 Å². The van der Waals surface area contributed by atoms with Gasteiger partial charge in [0.15, 0.2) is 0 Å². The topological polar surface area (TPSA) is 39.5 Å². The summed E-state index contributed by atoms with van der Waals surface area (Å²) in [7, 11) is 1.71. The quantitative estimate of drug-likeness (QED) is 0.245. The van der Waals surface area contributed by atoms with E-state index in [-0.39, 0.29) is 6.04 Å². The van der Waals surface area contributed by atoms with E-state index in [9.17, 15) is 0 Å². The molecule has 0 amide bonds. The third-order valence-corrected chi connectivity index (χ3v) is 7.75. The van der Waals surface area contributed by atoms with Crippen LogP contribution in [-0.2, 0) is 30.7 Å². The molecule has 2 heterocycles. The van der Waals surface area contributed by atoms with Crippen LogP contribution < -0.4 is 4.74 Å². The number of benzene rings is 3. The van der Waals surface area contributed by atoms with Crippen molar-refractivity contribution in [3.05, 3.63) is 95.2 Å². The fraction of sp³-hybridized carbons (Fsp3) is 0.364. The molecule has 5 heteroatoms. The molecule has 0 saturated carbocycles. The van der Waals surface area contributed by atoms with Crippen LogP contribution in [0.5, 0.6) is 5.75 Å². The number of ether oxygens (including phenoxy) is 2. The SMILES string of the molecule is CCc1cccc(CC)c1-c1nc(-c2ccccc2)c(CN2CCOCC2c2ccc(OC)cc2)n1CC. The Morgan fingerprint density at radius 3 is 2.24 bits per heavy atom. The number of hydrogen-bond acceptors (Lipinski definition) is 4. The highest BCUT2D eigenvalue weighted by molar-refractivity contribution is 5.72. The van der Waals surface area contributed by atoms with E-state index < -0.39 is 0 Å². The minimum atomic E-state index is 0.177. The number of aryl methyl sites for hydroxylation is 2. The summed E-state index contributed by atoms with van der Waals surface area (Å²) in [5.41, 5.74) is 8.78. The number of morpholine rings is 1. The highest BCUT2D eigenvalue weighted by atomic mass is 16.5. The Balaban J connectivity index is 1.63. The molecule has 1 unspecified atom stereocenters. The first kappa shape index (κ1) is 26.2. The summed E-state index contributed by atoms with van der Waals surface area (Å²) in [6.45, 7) is 10.7. The van der Waals surface area contributed by atoms with Gasteiger partial charge in [-0.25, -0.2) is 4.98 Å². The first-order chi connectivity index (χ1) is 18.7. The van der Waals surface area contributed by atoms with Crippen molar-refractivity contribution in [1.82, 2.24) is 14.5 Å². The maximum atomic E-state index is 5.97. The van der Waals surface area contributed by atoms with Crippen LogP contribution in [-0.4, -0.2) is 41.3 Å². The Labute approximate surface area is 227 Å². The van der Waals surface area contributed by atoms with Crippen LogP contribution >= 0.6 is 0 Å². The van der Waals surface area contributed by atoms with Crippen LogP contribution in [0, 0.1) is 0 Å². The molecule has 3 aromatic carbocycles. The fourth-order valence-corrected chi connectivity index (χ4v) is 5.69. The molecule has 0 N–H and O–H groups in total. The molecule has 5 nitrogen and oxygen atoms in total. The zero-order chi connectivity index (χ0) is 26.5. The number of methoxy groups -OCH3 is 1. The number of aromatic nitrogens is 2. The molecule has 0 aliphatic carbocycles. The van der Waals surface area contributed by atoms with Crippen molar-refractivity contribution in [2.75, 3.05) is 26.9 Å². The highest BCUT2D eigenvalue weighted by Crippen LogP contribution is 2.36. The molecule has 5 rings (SSSR count). The predicted octanol–water partition coefficient (Wildman–Crippen LogP) is 6.94. The van der Waals surface area contributed by atoms with E-state index >= 15 is 0 Å². The zero-order valence-corrected chi connectivity index (χ0v) is 23.1. The third kappa shape index (κ3) is 5.13. The second-order valence-electron chi connectivity index (χ2n) is 9.83. The smallest absolute Gasteiger partial charge is 0.141 e. The van der Waals surface area contributed by atoms with Crippen LogP contribution in [0.15, 0.2) is 72.8 Å². The van der Waals surface area contributed by atoms with Gasteiger partial charge in [0.25, 0.3) is 0 Å². The average molecular weight is 510 g/mol. The standard InChI is InChI=1S/C33H39N3O2/c1-5-24-14-11-15-25(6-2)31(24)33-34-32(27-12-9-8-10-13-27)29(36(33)7-3)22-35-20-21-38-23-30(35)26-16-18-28(37-4)19-17-26/h8-19,30H,5-7,20-23H2,1-4H3. The fourth-order valence-electron chi connectivity index (χ4n) is 5.69. The van der Waals surface area contributed by atoms with Gasteiger partial charge in [0, 0.05) is 30.8 Å². The molecule has 1 fully saturated rings. The largest absolute Gasteiger partial charge is 0.497 e. The van der Waals surface area contributed by atoms with E-state index in [1.54, 1.807) is 7.11 Å². The molecular formula is C33H39N3O2. The van der Waals surface area contributed by atoms with Crippen molar-refractivity contribution >= 4 is 0 Å². The van der Waals surface area contributed by atoms with Gasteiger partial charge in [-0.15, -0.1) is 0 Å². The summed E-state index contributed by atoms with van der Waals surface area (Å²) in [6, 6.07) is 25.9. The van der Waals surface area contributed by atoms with Crippen molar-refractivity contribution in [2.45, 2.75) is 52.7 Å². The second-order valence-corrected chi connectivity index (χ2v) is 9.83. The Kier molecular flexibility index (Phi) is 8.26. The lowest BCUT2D eigenvalue weighted by atomic mass is 9.97. The van der Waals surface area contributed by atoms with E-state index in [0.717, 1.165) is 61.9 Å². The summed E-state index contributed by atoms with van der Waals surface area (Å²) in [6.07, 6.45) is 1.97. The predicted molar refractivity (Wildman–Crippen MR) is 154 cm³/mol. The van der Waals surface area contributed by atoms with Gasteiger partial charge in [0.2, 0.25) is 0 Å². The average Bonchev–Trinajstić information content (AvgIpc) is 3.35. The minimum Gasteiger partial charge on any atom is -0.497 e. The number of hydrogen-bond donors (Lipinski definition) is 0. The molecule has 0 spiro atoms. The minimum absolute atomic E-state index is 0.177. The Bertz CT molecular complexity index is 1320. The van der Waals surface area contributed by atoms with Crippen LogP contribution in [0.2, 0.25) is 0 Å². The molecule has 198 valence electrons. The van der Waals surface area contributed by atoms with Crippen molar-refractivity contribution in [2.24, 2.45) is 0 Å². The normalized spacial score (nSPS) is 16.1. The van der Waals surface area contributed by atoms with Crippen LogP contribution in [0.1, 0.15) is 49.2 Å². The summed E-state index contributed by atoms with van der Waals surface area (Å²) in [5, 5.41) is 0. The number of rotatable bonds is 9. The number of nitrogens with zero attached hydrogens (tertiary/aromatic N) is 3. The molecule has 38 heavy (non-hydrogen) atoms. The van der Waals surface area contributed by atoms with Gasteiger partial charge in [-0.3, -0.25) is 4.90 Å². The lowest BCUT2D eigenvalue weighted by molar-refractivity contribution is -0.0136. The van der Waals surface area contributed by atoms with Gasteiger partial charge in [0.05, 0.1) is 37.8 Å². The van der Waals surface area contributed by atoms with Crippen LogP contribution in [0.4, 0.5) is 0 Å². The Morgan fingerprint density at radius 2 is 1.61 bits per heavy atom. The maximum Gasteiger partial charge on any atom is 0.141 e. The lowest BCUT2D eigenvalue weighted by Crippen LogP contribution is -2.39. The van der Waals surface area contributed by atoms with Gasteiger partial charge < -0.3 is 14.0 Å². The Hall–Kier alpha value is -3.41. The van der Waals surface area contributed by atoms with Gasteiger partial charge in [-0.2, -0.15) is 0 Å². The molecule has 4 aromatic rings. The highest BCUT2D eigenvalue weighted by Gasteiger charge is 2.29. The summed E-state index contributed by atoms with van der Waals surface area (Å²) < 4.78 is 13.8. The third-order valence-electron chi connectivity index (χ3n) is 7.75. The monoisotopic (exact) mass is 509 g/mol. The molecule has 0 radical (unpaired) electrons. The molecule has 1 aliphatic heterocycles. The molecule has 1 atom stereocenters. The van der Waals surface area contributed by atoms with Crippen molar-refractivity contribution in [1.29, 1.82) is 0 Å². The van der Waals surface area contributed by atoms with Gasteiger partial charge in [-0.05, 0) is 48.6 Å². The van der Waals surface area contributed by atoms with Gasteiger partial charge in [0.1, 0.15) is 11.6 Å². The van der Waals surface area contributed by atoms with Gasteiger partial charge >= 0.3 is 0 Å². The van der Waals surface area contributed by atoms with Crippen LogP contribution in [0.25, 0.3) is 22.6 Å². The first-order valence-corrected chi connectivity index (χ1v) is 13.9. The molecule has 0 bridgehead atoms. The molecule has 1 aliphatic rings. The molecule has 1 aromatic heterocycles. The molecular weight excluding hydrogens is 470 g/mol. The zero-order valence-electron chi connectivity index (χ0n) is 23.1. The summed E-state index contributed by atoms with van der Waals surface area (Å²) >= 11 is 0. The summed E-state index contributed by atoms with van der Waals surface area (Å²) in [4.78, 5) is 7.97. The van der Waals surface area contributed by atoms with E-state index in [2.05, 4.69) is 90.9 Å². The molecule has 1 saturated heterocycles. The summed E-state index contributed by atoms with van der Waals surface area (Å²) in [5.74, 6) is 1.96. The lowest BCUT2D eigenvalue weighted by Gasteiger charge is -2.36. The maximum absolute atomic E-state index is 5.97. The van der Waals surface area contributed by atoms with E-state index in [1.807, 2.05) is 12.1 Å². The number of imidazole rings is 1. The van der Waals surface area contributed by atoms with Crippen molar-refractivity contribution in [3.63, 3.8) is 0 Å². The van der Waals surface area contributed by atoms with E-state index in [1.165, 1.54) is 27.9 Å². The van der Waals surface area contributed by atoms with Crippen molar-refractivity contribution in [3.8, 4) is 28.4 Å². The van der Waals surface area contributed by atoms with Gasteiger partial charge in [-0.1, -0.05) is 74.5 Å².